The monoisotopic (exact) mass is 1030 g/mol. The Morgan fingerprint density at radius 1 is 0.259 bits per heavy atom. The van der Waals surface area contributed by atoms with E-state index < -0.39 is 0 Å². The molecule has 0 fully saturated rings. The van der Waals surface area contributed by atoms with E-state index >= 15 is 0 Å². The molecule has 6 heteroatoms. The summed E-state index contributed by atoms with van der Waals surface area (Å²) >= 11 is 0. The van der Waals surface area contributed by atoms with Gasteiger partial charge < -0.3 is 13.7 Å². The highest BCUT2D eigenvalue weighted by molar-refractivity contribution is 6.99. The molecule has 3 aliphatic heterocycles. The van der Waals surface area contributed by atoms with Gasteiger partial charge in [0.2, 0.25) is 20.1 Å². The summed E-state index contributed by atoms with van der Waals surface area (Å²) < 4.78 is 7.44. The average Bonchev–Trinajstić information content (AvgIpc) is 3.05. The highest BCUT2D eigenvalue weighted by Crippen LogP contribution is 2.37. The lowest BCUT2D eigenvalue weighted by Crippen LogP contribution is -2.56. The van der Waals surface area contributed by atoms with Gasteiger partial charge in [-0.15, -0.1) is 0 Å². The summed E-state index contributed by atoms with van der Waals surface area (Å²) in [6.07, 6.45) is 0. The molecule has 0 unspecified atom stereocenters. The second-order valence-corrected chi connectivity index (χ2v) is 22.4. The number of para-hydroxylation sites is 7. The Bertz CT molecular complexity index is 5000. The molecule has 3 aliphatic rings. The molecule has 0 saturated carbocycles. The van der Waals surface area contributed by atoms with Crippen LogP contribution in [0, 0.1) is 20.8 Å². The van der Waals surface area contributed by atoms with Gasteiger partial charge in [0.25, 0.3) is 0 Å². The van der Waals surface area contributed by atoms with Gasteiger partial charge in [0.05, 0.1) is 16.6 Å². The minimum atomic E-state index is 0.265. The SMILES string of the molecule is Cc1ccc2c(c1)-n1c3ccccc3c3cccc(c31)B2c1ccccc1.Cc1cccc2c1-n1c3ccccc3c3cccc(c31)B2c1ccccc1.Cc1cccc2c1c1cccc3c1n2-c1ccccc1B3c1ccccc1. The van der Waals surface area contributed by atoms with Gasteiger partial charge in [-0.2, -0.15) is 0 Å². The first-order valence-electron chi connectivity index (χ1n) is 28.5. The molecule has 0 amide bonds. The summed E-state index contributed by atoms with van der Waals surface area (Å²) in [6, 6.07) is 99.8. The molecule has 0 atom stereocenters. The lowest BCUT2D eigenvalue weighted by Gasteiger charge is -2.28. The first-order valence-corrected chi connectivity index (χ1v) is 28.5. The maximum Gasteiger partial charge on any atom is 0.246 e. The highest BCUT2D eigenvalue weighted by Gasteiger charge is 2.36. The molecule has 3 aromatic heterocycles. The van der Waals surface area contributed by atoms with E-state index in [1.165, 1.54) is 148 Å². The molecule has 378 valence electrons. The molecule has 15 aromatic rings. The minimum Gasteiger partial charge on any atom is -0.310 e. The second-order valence-electron chi connectivity index (χ2n) is 22.4. The van der Waals surface area contributed by atoms with Crippen molar-refractivity contribution in [1.29, 1.82) is 0 Å². The van der Waals surface area contributed by atoms with Crippen LogP contribution < -0.4 is 49.2 Å². The largest absolute Gasteiger partial charge is 0.310 e. The molecule has 81 heavy (non-hydrogen) atoms. The highest BCUT2D eigenvalue weighted by atomic mass is 15.0. The van der Waals surface area contributed by atoms with Crippen molar-refractivity contribution in [3.63, 3.8) is 0 Å². The maximum atomic E-state index is 2.49. The number of aryl methyl sites for hydroxylation is 3. The van der Waals surface area contributed by atoms with Crippen LogP contribution in [0.5, 0.6) is 0 Å². The van der Waals surface area contributed by atoms with Crippen LogP contribution in [0.25, 0.3) is 82.5 Å². The van der Waals surface area contributed by atoms with E-state index in [4.69, 9.17) is 0 Å². The zero-order chi connectivity index (χ0) is 53.9. The predicted molar refractivity (Wildman–Crippen MR) is 350 cm³/mol. The van der Waals surface area contributed by atoms with Gasteiger partial charge in [0.1, 0.15) is 0 Å². The quantitative estimate of drug-likeness (QED) is 0.157. The van der Waals surface area contributed by atoms with E-state index in [0.29, 0.717) is 0 Å². The van der Waals surface area contributed by atoms with Crippen LogP contribution in [0.15, 0.2) is 273 Å². The molecule has 0 spiro atoms. The van der Waals surface area contributed by atoms with Crippen molar-refractivity contribution in [3.05, 3.63) is 290 Å². The molecular weight excluding hydrogens is 975 g/mol. The normalized spacial score (nSPS) is 12.6. The van der Waals surface area contributed by atoms with Gasteiger partial charge in [-0.3, -0.25) is 0 Å². The second kappa shape index (κ2) is 18.7. The number of rotatable bonds is 3. The van der Waals surface area contributed by atoms with Crippen molar-refractivity contribution >= 4 is 135 Å². The van der Waals surface area contributed by atoms with Crippen molar-refractivity contribution in [2.45, 2.75) is 20.8 Å². The molecule has 0 saturated heterocycles. The Kier molecular flexibility index (Phi) is 10.9. The number of benzene rings is 12. The standard InChI is InChI=1S/3C25H18BN/c1-17-9-7-16-23-24(17)19-12-8-14-21-25(19)27(23)22-15-6-5-13-20(22)26(21)18-10-3-2-4-11-18;1-17-9-7-14-21-24(17)27-23-16-6-5-12-19(23)20-13-8-15-22(25(20)27)26(21)18-10-3-2-4-11-18;1-17-14-15-21-24(16-17)27-23-13-6-5-10-19(23)20-11-7-12-22(25(20)27)26(21)18-8-3-2-4-9-18/h3*2-16H,1H3. The van der Waals surface area contributed by atoms with E-state index in [9.17, 15) is 0 Å². The molecule has 3 nitrogen and oxygen atoms in total. The van der Waals surface area contributed by atoms with Crippen LogP contribution in [0.2, 0.25) is 0 Å². The smallest absolute Gasteiger partial charge is 0.246 e. The predicted octanol–water partition coefficient (Wildman–Crippen LogP) is 11.8. The van der Waals surface area contributed by atoms with E-state index in [1.807, 2.05) is 0 Å². The van der Waals surface area contributed by atoms with Crippen LogP contribution >= 0.6 is 0 Å². The van der Waals surface area contributed by atoms with Crippen LogP contribution in [-0.4, -0.2) is 33.8 Å². The summed E-state index contributed by atoms with van der Waals surface area (Å²) in [5, 5.41) is 8.08. The van der Waals surface area contributed by atoms with Crippen LogP contribution in [0.3, 0.4) is 0 Å². The minimum absolute atomic E-state index is 0.265. The fourth-order valence-electron chi connectivity index (χ4n) is 14.6. The molecular formula is C75H54B3N3. The summed E-state index contributed by atoms with van der Waals surface area (Å²) in [4.78, 5) is 0. The van der Waals surface area contributed by atoms with Crippen molar-refractivity contribution in [1.82, 2.24) is 13.7 Å². The Balaban J connectivity index is 0.000000100. The van der Waals surface area contributed by atoms with Gasteiger partial charge in [0.15, 0.2) is 0 Å². The topological polar surface area (TPSA) is 14.8 Å². The Morgan fingerprint density at radius 3 is 1.27 bits per heavy atom. The molecule has 0 bridgehead atoms. The summed E-state index contributed by atoms with van der Waals surface area (Å²) in [6.45, 7) is 7.43. The molecule has 12 aromatic carbocycles. The van der Waals surface area contributed by atoms with Crippen LogP contribution in [0.1, 0.15) is 16.7 Å². The van der Waals surface area contributed by atoms with Gasteiger partial charge in [0, 0.05) is 65.9 Å². The van der Waals surface area contributed by atoms with Crippen LogP contribution in [-0.2, 0) is 0 Å². The Hall–Kier alpha value is -9.77. The lowest BCUT2D eigenvalue weighted by atomic mass is 9.35. The zero-order valence-corrected chi connectivity index (χ0v) is 45.6. The molecule has 6 heterocycles. The summed E-state index contributed by atoms with van der Waals surface area (Å²) in [5.74, 6) is 0. The van der Waals surface area contributed by atoms with Crippen molar-refractivity contribution in [2.24, 2.45) is 0 Å². The zero-order valence-electron chi connectivity index (χ0n) is 45.6. The van der Waals surface area contributed by atoms with E-state index in [0.717, 1.165) is 0 Å². The van der Waals surface area contributed by atoms with Gasteiger partial charge >= 0.3 is 0 Å². The van der Waals surface area contributed by atoms with Crippen molar-refractivity contribution < 1.29 is 0 Å². The van der Waals surface area contributed by atoms with Gasteiger partial charge in [-0.05, 0) is 101 Å². The number of hydrogen-bond acceptors (Lipinski definition) is 0. The first kappa shape index (κ1) is 47.3. The number of hydrogen-bond donors (Lipinski definition) is 0. The molecule has 0 aliphatic carbocycles. The van der Waals surface area contributed by atoms with E-state index in [2.05, 4.69) is 307 Å². The maximum absolute atomic E-state index is 2.49. The summed E-state index contributed by atoms with van der Waals surface area (Å²) in [5.41, 5.74) is 28.3. The lowest BCUT2D eigenvalue weighted by molar-refractivity contribution is 1.16. The van der Waals surface area contributed by atoms with E-state index in [-0.39, 0.29) is 20.1 Å². The van der Waals surface area contributed by atoms with Gasteiger partial charge in [-0.1, -0.05) is 259 Å². The average molecular weight is 1030 g/mol. The third-order valence-corrected chi connectivity index (χ3v) is 17.9. The van der Waals surface area contributed by atoms with Crippen molar-refractivity contribution in [2.75, 3.05) is 0 Å². The number of nitrogens with zero attached hydrogens (tertiary/aromatic N) is 3. The van der Waals surface area contributed by atoms with Crippen LogP contribution in [0.4, 0.5) is 0 Å². The van der Waals surface area contributed by atoms with Crippen molar-refractivity contribution in [3.8, 4) is 17.1 Å². The molecule has 0 N–H and O–H groups in total. The molecule has 0 radical (unpaired) electrons. The van der Waals surface area contributed by atoms with Gasteiger partial charge in [-0.25, -0.2) is 0 Å². The Labute approximate surface area is 473 Å². The fraction of sp³-hybridized carbons (Fsp3) is 0.0400. The first-order chi connectivity index (χ1) is 40.0. The third-order valence-electron chi connectivity index (χ3n) is 17.9. The summed E-state index contributed by atoms with van der Waals surface area (Å²) in [7, 11) is 0. The number of fused-ring (bicyclic) bond motifs is 15. The third kappa shape index (κ3) is 7.12. The van der Waals surface area contributed by atoms with E-state index in [1.54, 1.807) is 0 Å². The fourth-order valence-corrected chi connectivity index (χ4v) is 14.6. The Morgan fingerprint density at radius 2 is 0.654 bits per heavy atom. The molecule has 18 rings (SSSR count). The number of aromatic nitrogens is 3.